The maximum absolute atomic E-state index is 12.3. The van der Waals surface area contributed by atoms with Gasteiger partial charge in [0, 0.05) is 30.8 Å². The molecule has 10 heteroatoms. The van der Waals surface area contributed by atoms with E-state index in [1.165, 1.54) is 17.0 Å². The fraction of sp³-hybridized carbons (Fsp3) is 0.286. The van der Waals surface area contributed by atoms with E-state index in [0.29, 0.717) is 5.69 Å². The fourth-order valence-corrected chi connectivity index (χ4v) is 3.41. The molecule has 1 atom stereocenters. The molecule has 0 radical (unpaired) electrons. The standard InChI is InChI=1S/C21H20ClN3O6/c1-2-13-3-5-15(6-4-13)24-11-14(9-20(24)27)21(28)31-12-19(26)23-18-8-7-16(25(29)30)10-17(18)22/h3-8,10,14H,2,9,11-12H2,1H3,(H,23,26). The molecule has 1 heterocycles. The van der Waals surface area contributed by atoms with Crippen molar-refractivity contribution in [3.63, 3.8) is 0 Å². The van der Waals surface area contributed by atoms with Crippen LogP contribution in [0.3, 0.4) is 0 Å². The molecule has 0 aromatic heterocycles. The van der Waals surface area contributed by atoms with Crippen LogP contribution in [0.2, 0.25) is 5.02 Å². The first-order valence-corrected chi connectivity index (χ1v) is 9.96. The number of amides is 2. The normalized spacial score (nSPS) is 15.6. The van der Waals surface area contributed by atoms with Crippen molar-refractivity contribution in [1.82, 2.24) is 0 Å². The largest absolute Gasteiger partial charge is 0.455 e. The highest BCUT2D eigenvalue weighted by Gasteiger charge is 2.36. The molecule has 1 unspecified atom stereocenters. The maximum Gasteiger partial charge on any atom is 0.311 e. The molecule has 3 rings (SSSR count). The van der Waals surface area contributed by atoms with Crippen molar-refractivity contribution in [3.05, 3.63) is 63.2 Å². The number of hydrogen-bond acceptors (Lipinski definition) is 6. The van der Waals surface area contributed by atoms with Gasteiger partial charge >= 0.3 is 5.97 Å². The van der Waals surface area contributed by atoms with Gasteiger partial charge < -0.3 is 15.0 Å². The van der Waals surface area contributed by atoms with Crippen molar-refractivity contribution in [2.45, 2.75) is 19.8 Å². The lowest BCUT2D eigenvalue weighted by molar-refractivity contribution is -0.384. The van der Waals surface area contributed by atoms with Gasteiger partial charge in [-0.05, 0) is 30.2 Å². The summed E-state index contributed by atoms with van der Waals surface area (Å²) in [5.74, 6) is -2.16. The molecule has 162 valence electrons. The van der Waals surface area contributed by atoms with Gasteiger partial charge in [0.1, 0.15) is 0 Å². The summed E-state index contributed by atoms with van der Waals surface area (Å²) in [7, 11) is 0. The van der Waals surface area contributed by atoms with E-state index in [2.05, 4.69) is 5.32 Å². The number of carbonyl (C=O) groups is 3. The Balaban J connectivity index is 1.53. The average Bonchev–Trinajstić information content (AvgIpc) is 3.15. The quantitative estimate of drug-likeness (QED) is 0.396. The van der Waals surface area contributed by atoms with Crippen molar-refractivity contribution in [2.75, 3.05) is 23.4 Å². The minimum absolute atomic E-state index is 0.00413. The topological polar surface area (TPSA) is 119 Å². The van der Waals surface area contributed by atoms with Crippen LogP contribution in [0.15, 0.2) is 42.5 Å². The monoisotopic (exact) mass is 445 g/mol. The third-order valence-electron chi connectivity index (χ3n) is 4.90. The Morgan fingerprint density at radius 1 is 1.26 bits per heavy atom. The molecule has 0 spiro atoms. The number of carbonyl (C=O) groups excluding carboxylic acids is 3. The molecule has 1 fully saturated rings. The Labute approximate surface area is 183 Å². The van der Waals surface area contributed by atoms with Gasteiger partial charge in [-0.15, -0.1) is 0 Å². The van der Waals surface area contributed by atoms with Gasteiger partial charge in [-0.3, -0.25) is 24.5 Å². The summed E-state index contributed by atoms with van der Waals surface area (Å²) in [6.45, 7) is 1.65. The summed E-state index contributed by atoms with van der Waals surface area (Å²) < 4.78 is 5.05. The van der Waals surface area contributed by atoms with Gasteiger partial charge in [-0.25, -0.2) is 0 Å². The predicted octanol–water partition coefficient (Wildman–Crippen LogP) is 3.35. The SMILES string of the molecule is CCc1ccc(N2CC(C(=O)OCC(=O)Nc3ccc([N+](=O)[O-])cc3Cl)CC2=O)cc1. The molecule has 1 saturated heterocycles. The number of rotatable bonds is 7. The van der Waals surface area contributed by atoms with E-state index >= 15 is 0 Å². The molecular formula is C21H20ClN3O6. The van der Waals surface area contributed by atoms with Crippen molar-refractivity contribution >= 4 is 46.4 Å². The van der Waals surface area contributed by atoms with Crippen molar-refractivity contribution in [1.29, 1.82) is 0 Å². The Kier molecular flexibility index (Phi) is 6.86. The van der Waals surface area contributed by atoms with E-state index < -0.39 is 29.3 Å². The van der Waals surface area contributed by atoms with Crippen LogP contribution >= 0.6 is 11.6 Å². The van der Waals surface area contributed by atoms with Crippen LogP contribution in [-0.2, 0) is 25.5 Å². The van der Waals surface area contributed by atoms with Gasteiger partial charge in [-0.2, -0.15) is 0 Å². The van der Waals surface area contributed by atoms with Crippen LogP contribution in [0.5, 0.6) is 0 Å². The highest BCUT2D eigenvalue weighted by atomic mass is 35.5. The van der Waals surface area contributed by atoms with E-state index in [1.807, 2.05) is 31.2 Å². The highest BCUT2D eigenvalue weighted by molar-refractivity contribution is 6.34. The number of non-ortho nitro benzene ring substituents is 1. The zero-order valence-corrected chi connectivity index (χ0v) is 17.4. The predicted molar refractivity (Wildman–Crippen MR) is 114 cm³/mol. The van der Waals surface area contributed by atoms with Gasteiger partial charge in [0.15, 0.2) is 6.61 Å². The molecular weight excluding hydrogens is 426 g/mol. The maximum atomic E-state index is 12.3. The first kappa shape index (κ1) is 22.2. The zero-order chi connectivity index (χ0) is 22.5. The fourth-order valence-electron chi connectivity index (χ4n) is 3.19. The van der Waals surface area contributed by atoms with Crippen LogP contribution in [0.4, 0.5) is 17.1 Å². The third-order valence-corrected chi connectivity index (χ3v) is 5.21. The molecule has 9 nitrogen and oxygen atoms in total. The number of esters is 1. The lowest BCUT2D eigenvalue weighted by atomic mass is 10.1. The van der Waals surface area contributed by atoms with E-state index in [1.54, 1.807) is 0 Å². The summed E-state index contributed by atoms with van der Waals surface area (Å²) >= 11 is 5.92. The first-order chi connectivity index (χ1) is 14.8. The van der Waals surface area contributed by atoms with Crippen LogP contribution in [0.1, 0.15) is 18.9 Å². The molecule has 0 bridgehead atoms. The minimum atomic E-state index is -0.672. The average molecular weight is 446 g/mol. The summed E-state index contributed by atoms with van der Waals surface area (Å²) in [4.78, 5) is 48.3. The van der Waals surface area contributed by atoms with E-state index in [-0.39, 0.29) is 35.3 Å². The number of benzene rings is 2. The second-order valence-electron chi connectivity index (χ2n) is 7.00. The van der Waals surface area contributed by atoms with E-state index in [0.717, 1.165) is 18.1 Å². The molecule has 1 aliphatic rings. The van der Waals surface area contributed by atoms with Gasteiger partial charge in [-0.1, -0.05) is 30.7 Å². The lowest BCUT2D eigenvalue weighted by Crippen LogP contribution is -2.28. The second-order valence-corrected chi connectivity index (χ2v) is 7.41. The molecule has 31 heavy (non-hydrogen) atoms. The molecule has 2 amide bonds. The zero-order valence-electron chi connectivity index (χ0n) is 16.7. The van der Waals surface area contributed by atoms with Crippen molar-refractivity contribution in [2.24, 2.45) is 5.92 Å². The molecule has 0 aliphatic carbocycles. The lowest BCUT2D eigenvalue weighted by Gasteiger charge is -2.17. The van der Waals surface area contributed by atoms with Crippen molar-refractivity contribution < 1.29 is 24.0 Å². The Hall–Kier alpha value is -3.46. The number of nitro benzene ring substituents is 1. The van der Waals surface area contributed by atoms with E-state index in [9.17, 15) is 24.5 Å². The Bertz CT molecular complexity index is 1020. The number of halogens is 1. The number of hydrogen-bond donors (Lipinski definition) is 1. The number of aryl methyl sites for hydroxylation is 1. The summed E-state index contributed by atoms with van der Waals surface area (Å²) in [5.41, 5.74) is 1.80. The third kappa shape index (κ3) is 5.37. The van der Waals surface area contributed by atoms with Gasteiger partial charge in [0.05, 0.1) is 21.6 Å². The highest BCUT2D eigenvalue weighted by Crippen LogP contribution is 2.27. The molecule has 1 N–H and O–H groups in total. The Morgan fingerprint density at radius 3 is 2.58 bits per heavy atom. The molecule has 1 aliphatic heterocycles. The number of anilines is 2. The second kappa shape index (κ2) is 9.57. The van der Waals surface area contributed by atoms with Crippen molar-refractivity contribution in [3.8, 4) is 0 Å². The number of nitrogens with one attached hydrogen (secondary N) is 1. The van der Waals surface area contributed by atoms with Crippen LogP contribution in [0.25, 0.3) is 0 Å². The van der Waals surface area contributed by atoms with E-state index in [4.69, 9.17) is 16.3 Å². The summed E-state index contributed by atoms with van der Waals surface area (Å²) in [6.07, 6.45) is 0.889. The summed E-state index contributed by atoms with van der Waals surface area (Å²) in [5, 5.41) is 13.1. The van der Waals surface area contributed by atoms with Crippen LogP contribution in [0, 0.1) is 16.0 Å². The number of nitro groups is 1. The van der Waals surface area contributed by atoms with Gasteiger partial charge in [0.2, 0.25) is 5.91 Å². The Morgan fingerprint density at radius 2 is 1.97 bits per heavy atom. The summed E-state index contributed by atoms with van der Waals surface area (Å²) in [6, 6.07) is 11.1. The first-order valence-electron chi connectivity index (χ1n) is 9.58. The number of nitrogens with zero attached hydrogens (tertiary/aromatic N) is 2. The van der Waals surface area contributed by atoms with Gasteiger partial charge in [0.25, 0.3) is 11.6 Å². The molecule has 2 aromatic carbocycles. The molecule has 2 aromatic rings. The number of ether oxygens (including phenoxy) is 1. The minimum Gasteiger partial charge on any atom is -0.455 e. The smallest absolute Gasteiger partial charge is 0.311 e. The van der Waals surface area contributed by atoms with Crippen LogP contribution < -0.4 is 10.2 Å². The van der Waals surface area contributed by atoms with Crippen LogP contribution in [-0.4, -0.2) is 35.9 Å². The molecule has 0 saturated carbocycles.